The molecule has 0 aliphatic carbocycles. The third-order valence-corrected chi connectivity index (χ3v) is 4.91. The van der Waals surface area contributed by atoms with Crippen molar-refractivity contribution in [3.63, 3.8) is 0 Å². The van der Waals surface area contributed by atoms with Crippen LogP contribution in [0.1, 0.15) is 17.4 Å². The predicted molar refractivity (Wildman–Crippen MR) is 111 cm³/mol. The van der Waals surface area contributed by atoms with Crippen LogP contribution in [0.5, 0.6) is 0 Å². The van der Waals surface area contributed by atoms with Crippen molar-refractivity contribution < 1.29 is 14.3 Å². The van der Waals surface area contributed by atoms with Crippen molar-refractivity contribution in [2.45, 2.75) is 18.2 Å². The maximum absolute atomic E-state index is 12.8. The van der Waals surface area contributed by atoms with Gasteiger partial charge in [-0.25, -0.2) is 24.7 Å². The van der Waals surface area contributed by atoms with Crippen LogP contribution in [0.15, 0.2) is 54.3 Å². The molecule has 1 unspecified atom stereocenters. The number of carbonyl (C=O) groups is 2. The monoisotopic (exact) mass is 423 g/mol. The molecule has 0 saturated heterocycles. The Morgan fingerprint density at radius 3 is 2.73 bits per heavy atom. The molecule has 1 atom stereocenters. The van der Waals surface area contributed by atoms with E-state index in [1.54, 1.807) is 4.57 Å². The number of benzene rings is 1. The molecule has 0 fully saturated rings. The minimum Gasteiger partial charge on any atom is -0.448 e. The van der Waals surface area contributed by atoms with Gasteiger partial charge in [-0.3, -0.25) is 9.36 Å². The molecule has 4 rings (SSSR count). The van der Waals surface area contributed by atoms with E-state index in [1.807, 2.05) is 36.6 Å². The molecule has 0 spiro atoms. The summed E-state index contributed by atoms with van der Waals surface area (Å²) in [6.07, 6.45) is 4.97. The maximum Gasteiger partial charge on any atom is 0.357 e. The fourth-order valence-electron chi connectivity index (χ4n) is 2.80. The van der Waals surface area contributed by atoms with Crippen LogP contribution in [0.3, 0.4) is 0 Å². The second kappa shape index (κ2) is 8.33. The van der Waals surface area contributed by atoms with Gasteiger partial charge >= 0.3 is 5.97 Å². The predicted octanol–water partition coefficient (Wildman–Crippen LogP) is 2.44. The lowest BCUT2D eigenvalue weighted by molar-refractivity contribution is -0.123. The average molecular weight is 423 g/mol. The molecule has 3 heterocycles. The van der Waals surface area contributed by atoms with Gasteiger partial charge in [0, 0.05) is 5.69 Å². The molecule has 0 aliphatic rings. The number of amides is 1. The van der Waals surface area contributed by atoms with Gasteiger partial charge in [-0.15, -0.1) is 0 Å². The summed E-state index contributed by atoms with van der Waals surface area (Å²) in [5.74, 6) is -0.943. The Hall–Kier alpha value is -3.73. The maximum atomic E-state index is 12.8. The normalized spacial score (nSPS) is 11.9. The largest absolute Gasteiger partial charge is 0.448 e. The van der Waals surface area contributed by atoms with E-state index in [1.165, 1.54) is 37.5 Å². The van der Waals surface area contributed by atoms with E-state index in [-0.39, 0.29) is 11.5 Å². The fourth-order valence-corrected chi connectivity index (χ4v) is 3.35. The van der Waals surface area contributed by atoms with E-state index in [9.17, 15) is 9.59 Å². The number of imidazole rings is 2. The molecule has 0 radical (unpaired) electrons. The van der Waals surface area contributed by atoms with Gasteiger partial charge in [-0.2, -0.15) is 0 Å². The van der Waals surface area contributed by atoms with Gasteiger partial charge in [-0.1, -0.05) is 30.0 Å². The molecule has 4 aromatic rings. The van der Waals surface area contributed by atoms with Crippen molar-refractivity contribution in [1.82, 2.24) is 29.5 Å². The van der Waals surface area contributed by atoms with Crippen LogP contribution in [0.2, 0.25) is 0 Å². The number of nitrogens with zero attached hydrogens (tertiary/aromatic N) is 5. The lowest BCUT2D eigenvalue weighted by atomic mass is 10.3. The Bertz CT molecular complexity index is 1210. The summed E-state index contributed by atoms with van der Waals surface area (Å²) in [5.41, 5.74) is 1.90. The molecule has 10 nitrogen and oxygen atoms in total. The summed E-state index contributed by atoms with van der Waals surface area (Å²) in [4.78, 5) is 44.5. The average Bonchev–Trinajstić information content (AvgIpc) is 3.41. The van der Waals surface area contributed by atoms with Crippen molar-refractivity contribution in [2.24, 2.45) is 0 Å². The Morgan fingerprint density at radius 2 is 1.97 bits per heavy atom. The molecule has 3 aromatic heterocycles. The topological polar surface area (TPSA) is 128 Å². The first-order valence-corrected chi connectivity index (χ1v) is 10.1. The van der Waals surface area contributed by atoms with E-state index in [2.05, 4.69) is 30.2 Å². The van der Waals surface area contributed by atoms with Crippen LogP contribution in [0, 0.1) is 0 Å². The zero-order chi connectivity index (χ0) is 21.1. The molecule has 1 aromatic carbocycles. The summed E-state index contributed by atoms with van der Waals surface area (Å²) in [6.45, 7) is 1.48. The van der Waals surface area contributed by atoms with Crippen molar-refractivity contribution in [3.8, 4) is 5.69 Å². The number of anilines is 1. The van der Waals surface area contributed by atoms with Gasteiger partial charge in [0.15, 0.2) is 28.4 Å². The summed E-state index contributed by atoms with van der Waals surface area (Å²) in [5, 5.41) is 3.26. The molecule has 0 aliphatic heterocycles. The van der Waals surface area contributed by atoms with Crippen LogP contribution in [0.4, 0.5) is 5.82 Å². The quantitative estimate of drug-likeness (QED) is 0.358. The Morgan fingerprint density at radius 1 is 1.17 bits per heavy atom. The number of fused-ring (bicyclic) bond motifs is 1. The molecule has 11 heteroatoms. The second-order valence-corrected chi connectivity index (χ2v) is 6.93. The fraction of sp³-hybridized carbons (Fsp3) is 0.158. The van der Waals surface area contributed by atoms with Gasteiger partial charge in [0.05, 0.1) is 12.5 Å². The number of carbonyl (C=O) groups excluding carboxylic acids is 2. The number of thioether (sulfide) groups is 1. The number of ether oxygens (including phenoxy) is 1. The minimum atomic E-state index is -1.07. The summed E-state index contributed by atoms with van der Waals surface area (Å²) in [6, 6.07) is 9.33. The summed E-state index contributed by atoms with van der Waals surface area (Å²) < 4.78 is 7.08. The lowest BCUT2D eigenvalue weighted by Crippen LogP contribution is -2.31. The van der Waals surface area contributed by atoms with E-state index >= 15 is 0 Å². The van der Waals surface area contributed by atoms with E-state index in [0.717, 1.165) is 5.69 Å². The first kappa shape index (κ1) is 19.6. The van der Waals surface area contributed by atoms with Crippen LogP contribution in [-0.4, -0.2) is 53.7 Å². The number of aromatic nitrogens is 6. The zero-order valence-electron chi connectivity index (χ0n) is 16.1. The number of hydrogen-bond donors (Lipinski definition) is 2. The number of esters is 1. The first-order valence-electron chi connectivity index (χ1n) is 8.91. The highest BCUT2D eigenvalue weighted by atomic mass is 32.2. The van der Waals surface area contributed by atoms with Crippen molar-refractivity contribution in [2.75, 3.05) is 11.6 Å². The molecule has 0 bridgehead atoms. The molecule has 2 N–H and O–H groups in total. The summed E-state index contributed by atoms with van der Waals surface area (Å²) >= 11 is 1.40. The van der Waals surface area contributed by atoms with Crippen LogP contribution < -0.4 is 5.32 Å². The second-order valence-electron chi connectivity index (χ2n) is 6.16. The highest BCUT2D eigenvalue weighted by Gasteiger charge is 2.24. The number of nitrogens with one attached hydrogen (secondary N) is 2. The lowest BCUT2D eigenvalue weighted by Gasteiger charge is -2.15. The van der Waals surface area contributed by atoms with Crippen molar-refractivity contribution in [1.29, 1.82) is 0 Å². The third-order valence-electron chi connectivity index (χ3n) is 4.25. The standard InChI is InChI=1S/C19H17N7O3S/c1-11(17(27)25-16-14-15(22-9-21-14)23-10-24-16)29-18(28)13-8-20-19(30-2)26(13)12-6-4-3-5-7-12/h3-11H,1-2H3,(H2,21,22,23,24,25,27). The number of H-pyrrole nitrogens is 1. The Balaban J connectivity index is 1.52. The number of rotatable bonds is 6. The van der Waals surface area contributed by atoms with Gasteiger partial charge in [-0.05, 0) is 25.3 Å². The van der Waals surface area contributed by atoms with Gasteiger partial charge in [0.25, 0.3) is 5.91 Å². The number of hydrogen-bond acceptors (Lipinski definition) is 8. The van der Waals surface area contributed by atoms with Gasteiger partial charge in [0.2, 0.25) is 0 Å². The van der Waals surface area contributed by atoms with E-state index < -0.39 is 18.0 Å². The Kier molecular flexibility index (Phi) is 5.44. The van der Waals surface area contributed by atoms with Crippen molar-refractivity contribution >= 4 is 40.6 Å². The molecular weight excluding hydrogens is 406 g/mol. The SMILES string of the molecule is CSc1ncc(C(=O)OC(C)C(=O)Nc2ncnc3nc[nH]c23)n1-c1ccccc1. The molecule has 30 heavy (non-hydrogen) atoms. The van der Waals surface area contributed by atoms with Crippen molar-refractivity contribution in [3.05, 3.63) is 54.9 Å². The molecule has 1 amide bonds. The van der Waals surface area contributed by atoms with E-state index in [0.29, 0.717) is 16.3 Å². The minimum absolute atomic E-state index is 0.225. The first-order chi connectivity index (χ1) is 14.6. The third kappa shape index (κ3) is 3.74. The van der Waals surface area contributed by atoms with Crippen LogP contribution in [-0.2, 0) is 9.53 Å². The summed E-state index contributed by atoms with van der Waals surface area (Å²) in [7, 11) is 0. The zero-order valence-corrected chi connectivity index (χ0v) is 16.9. The molecular formula is C19H17N7O3S. The van der Waals surface area contributed by atoms with Crippen LogP contribution in [0.25, 0.3) is 16.9 Å². The van der Waals surface area contributed by atoms with Crippen LogP contribution >= 0.6 is 11.8 Å². The smallest absolute Gasteiger partial charge is 0.357 e. The molecule has 152 valence electrons. The number of para-hydroxylation sites is 1. The molecule has 0 saturated carbocycles. The highest BCUT2D eigenvalue weighted by molar-refractivity contribution is 7.98. The number of aromatic amines is 1. The highest BCUT2D eigenvalue weighted by Crippen LogP contribution is 2.22. The van der Waals surface area contributed by atoms with E-state index in [4.69, 9.17) is 4.74 Å². The Labute approximate surface area is 175 Å². The van der Waals surface area contributed by atoms with Gasteiger partial charge < -0.3 is 15.0 Å². The van der Waals surface area contributed by atoms with Gasteiger partial charge in [0.1, 0.15) is 11.8 Å².